The van der Waals surface area contributed by atoms with Crippen molar-refractivity contribution in [1.29, 1.82) is 0 Å². The summed E-state index contributed by atoms with van der Waals surface area (Å²) in [6.45, 7) is 0. The lowest BCUT2D eigenvalue weighted by atomic mass is 10.0. The number of hydrogen-bond acceptors (Lipinski definition) is 5. The second-order valence-corrected chi connectivity index (χ2v) is 5.17. The molecule has 1 aliphatic rings. The van der Waals surface area contributed by atoms with Crippen LogP contribution in [0.3, 0.4) is 0 Å². The number of amides is 1. The van der Waals surface area contributed by atoms with Gasteiger partial charge in [0.25, 0.3) is 5.91 Å². The number of aromatic nitrogens is 1. The molecule has 0 spiro atoms. The summed E-state index contributed by atoms with van der Waals surface area (Å²) in [5.41, 5.74) is 1.59. The number of carbonyl (C=O) groups is 1. The third-order valence-corrected chi connectivity index (χ3v) is 3.82. The Hall–Kier alpha value is -0.980. The van der Waals surface area contributed by atoms with Crippen LogP contribution in [-0.2, 0) is 0 Å². The Labute approximate surface area is 104 Å². The second kappa shape index (κ2) is 5.57. The van der Waals surface area contributed by atoms with Gasteiger partial charge in [-0.25, -0.2) is 0 Å². The van der Waals surface area contributed by atoms with Gasteiger partial charge in [0, 0.05) is 0 Å². The van der Waals surface area contributed by atoms with Crippen LogP contribution in [0.4, 0.5) is 0 Å². The van der Waals surface area contributed by atoms with Gasteiger partial charge in [0.1, 0.15) is 4.88 Å². The molecular formula is C11H16N2O3S. The van der Waals surface area contributed by atoms with Gasteiger partial charge in [-0.05, 0) is 12.8 Å². The van der Waals surface area contributed by atoms with Gasteiger partial charge in [0.05, 0.1) is 30.0 Å². The Kier molecular flexibility index (Phi) is 4.09. The molecule has 1 amide bonds. The summed E-state index contributed by atoms with van der Waals surface area (Å²) in [4.78, 5) is 16.2. The monoisotopic (exact) mass is 256 g/mol. The highest BCUT2D eigenvalue weighted by molar-refractivity contribution is 7.11. The van der Waals surface area contributed by atoms with Crippen LogP contribution in [0.2, 0.25) is 0 Å². The van der Waals surface area contributed by atoms with Crippen LogP contribution < -0.4 is 5.32 Å². The van der Waals surface area contributed by atoms with E-state index in [1.165, 1.54) is 17.5 Å². The molecule has 0 aliphatic heterocycles. The number of aliphatic hydroxyl groups excluding tert-OH is 2. The fraction of sp³-hybridized carbons (Fsp3) is 0.636. The predicted molar refractivity (Wildman–Crippen MR) is 63.8 cm³/mol. The Morgan fingerprint density at radius 1 is 1.41 bits per heavy atom. The maximum atomic E-state index is 11.8. The first-order chi connectivity index (χ1) is 8.18. The summed E-state index contributed by atoms with van der Waals surface area (Å²) in [6, 6.07) is -0.373. The van der Waals surface area contributed by atoms with E-state index < -0.39 is 12.2 Å². The van der Waals surface area contributed by atoms with E-state index in [2.05, 4.69) is 10.3 Å². The molecule has 0 bridgehead atoms. The van der Waals surface area contributed by atoms with Gasteiger partial charge in [-0.15, -0.1) is 11.3 Å². The average Bonchev–Trinajstić information content (AvgIpc) is 2.80. The summed E-state index contributed by atoms with van der Waals surface area (Å²) in [6.07, 6.45) is 2.95. The lowest BCUT2D eigenvalue weighted by Gasteiger charge is -2.24. The van der Waals surface area contributed by atoms with E-state index in [0.717, 1.165) is 12.8 Å². The number of hydrogen-bond donors (Lipinski definition) is 3. The Morgan fingerprint density at radius 3 is 2.88 bits per heavy atom. The van der Waals surface area contributed by atoms with Crippen LogP contribution in [0.5, 0.6) is 0 Å². The molecule has 5 nitrogen and oxygen atoms in total. The quantitative estimate of drug-likeness (QED) is 0.674. The van der Waals surface area contributed by atoms with Gasteiger partial charge in [0.15, 0.2) is 0 Å². The number of nitrogens with zero attached hydrogens (tertiary/aromatic N) is 1. The molecule has 1 aromatic rings. The van der Waals surface area contributed by atoms with Crippen molar-refractivity contribution in [1.82, 2.24) is 10.3 Å². The SMILES string of the molecule is O=C(N[C@@H]1CCCC[C@@H](O)[C@@H]1O)c1cncs1. The maximum absolute atomic E-state index is 11.8. The molecule has 0 radical (unpaired) electrons. The average molecular weight is 256 g/mol. The van der Waals surface area contributed by atoms with Gasteiger partial charge >= 0.3 is 0 Å². The number of carbonyl (C=O) groups excluding carboxylic acids is 1. The zero-order valence-corrected chi connectivity index (χ0v) is 10.2. The molecule has 3 atom stereocenters. The Balaban J connectivity index is 1.99. The Morgan fingerprint density at radius 2 is 2.18 bits per heavy atom. The van der Waals surface area contributed by atoms with Gasteiger partial charge in [-0.2, -0.15) is 0 Å². The predicted octanol–water partition coefficient (Wildman–Crippen LogP) is 0.537. The minimum atomic E-state index is -0.880. The summed E-state index contributed by atoms with van der Waals surface area (Å²) in [5.74, 6) is -0.231. The first-order valence-corrected chi connectivity index (χ1v) is 6.62. The molecule has 0 aromatic carbocycles. The first-order valence-electron chi connectivity index (χ1n) is 5.74. The highest BCUT2D eigenvalue weighted by Crippen LogP contribution is 2.19. The molecule has 1 aromatic heterocycles. The molecule has 1 aliphatic carbocycles. The van der Waals surface area contributed by atoms with Crippen molar-refractivity contribution in [2.45, 2.75) is 43.9 Å². The van der Waals surface area contributed by atoms with Crippen LogP contribution in [-0.4, -0.2) is 39.4 Å². The summed E-state index contributed by atoms with van der Waals surface area (Å²) in [7, 11) is 0. The normalized spacial score (nSPS) is 29.6. The maximum Gasteiger partial charge on any atom is 0.263 e. The highest BCUT2D eigenvalue weighted by Gasteiger charge is 2.30. The number of rotatable bonds is 2. The molecule has 2 rings (SSSR count). The van der Waals surface area contributed by atoms with E-state index in [-0.39, 0.29) is 11.9 Å². The molecule has 6 heteroatoms. The number of aliphatic hydroxyl groups is 2. The van der Waals surface area contributed by atoms with Crippen molar-refractivity contribution in [3.63, 3.8) is 0 Å². The molecular weight excluding hydrogens is 240 g/mol. The molecule has 94 valence electrons. The first kappa shape index (κ1) is 12.5. The third-order valence-electron chi connectivity index (χ3n) is 3.04. The third kappa shape index (κ3) is 3.02. The molecule has 3 N–H and O–H groups in total. The smallest absolute Gasteiger partial charge is 0.263 e. The van der Waals surface area contributed by atoms with Crippen LogP contribution >= 0.6 is 11.3 Å². The van der Waals surface area contributed by atoms with E-state index in [4.69, 9.17) is 0 Å². The van der Waals surface area contributed by atoms with Crippen molar-refractivity contribution in [2.24, 2.45) is 0 Å². The van der Waals surface area contributed by atoms with Crippen molar-refractivity contribution in [3.8, 4) is 0 Å². The molecule has 1 fully saturated rings. The Bertz CT molecular complexity index is 369. The lowest BCUT2D eigenvalue weighted by molar-refractivity contribution is -0.00121. The molecule has 0 unspecified atom stereocenters. The standard InChI is InChI=1S/C11H16N2O3S/c14-8-4-2-1-3-7(10(8)15)13-11(16)9-5-12-6-17-9/h5-8,10,14-15H,1-4H2,(H,13,16)/t7-,8-,10-/m1/s1. The van der Waals surface area contributed by atoms with Crippen LogP contribution in [0, 0.1) is 0 Å². The fourth-order valence-corrected chi connectivity index (χ4v) is 2.58. The number of nitrogens with one attached hydrogen (secondary N) is 1. The minimum Gasteiger partial charge on any atom is -0.390 e. The van der Waals surface area contributed by atoms with Crippen molar-refractivity contribution < 1.29 is 15.0 Å². The summed E-state index contributed by atoms with van der Waals surface area (Å²) < 4.78 is 0. The molecule has 0 saturated heterocycles. The van der Waals surface area contributed by atoms with E-state index >= 15 is 0 Å². The van der Waals surface area contributed by atoms with Gasteiger partial charge in [0.2, 0.25) is 0 Å². The molecule has 1 heterocycles. The van der Waals surface area contributed by atoms with E-state index in [1.807, 2.05) is 0 Å². The van der Waals surface area contributed by atoms with E-state index in [9.17, 15) is 15.0 Å². The van der Waals surface area contributed by atoms with Gasteiger partial charge < -0.3 is 15.5 Å². The van der Waals surface area contributed by atoms with Crippen LogP contribution in [0.1, 0.15) is 35.4 Å². The largest absolute Gasteiger partial charge is 0.390 e. The zero-order valence-electron chi connectivity index (χ0n) is 9.37. The lowest BCUT2D eigenvalue weighted by Crippen LogP contribution is -2.47. The molecule has 1 saturated carbocycles. The summed E-state index contributed by atoms with van der Waals surface area (Å²) >= 11 is 1.26. The number of thiazole rings is 1. The van der Waals surface area contributed by atoms with E-state index in [0.29, 0.717) is 17.7 Å². The minimum absolute atomic E-state index is 0.231. The van der Waals surface area contributed by atoms with Crippen molar-refractivity contribution in [3.05, 3.63) is 16.6 Å². The van der Waals surface area contributed by atoms with Crippen molar-refractivity contribution >= 4 is 17.2 Å². The highest BCUT2D eigenvalue weighted by atomic mass is 32.1. The summed E-state index contributed by atoms with van der Waals surface area (Å²) in [5, 5.41) is 22.3. The topological polar surface area (TPSA) is 82.5 Å². The zero-order chi connectivity index (χ0) is 12.3. The fourth-order valence-electron chi connectivity index (χ4n) is 2.05. The van der Waals surface area contributed by atoms with E-state index in [1.54, 1.807) is 5.51 Å². The van der Waals surface area contributed by atoms with Crippen LogP contribution in [0.25, 0.3) is 0 Å². The van der Waals surface area contributed by atoms with Gasteiger partial charge in [-0.1, -0.05) is 12.8 Å². The van der Waals surface area contributed by atoms with Crippen LogP contribution in [0.15, 0.2) is 11.7 Å². The van der Waals surface area contributed by atoms with Crippen molar-refractivity contribution in [2.75, 3.05) is 0 Å². The molecule has 17 heavy (non-hydrogen) atoms. The van der Waals surface area contributed by atoms with Gasteiger partial charge in [-0.3, -0.25) is 9.78 Å². The second-order valence-electron chi connectivity index (χ2n) is 4.29.